The Morgan fingerprint density at radius 3 is 2.62 bits per heavy atom. The number of rotatable bonds is 2. The first-order valence-corrected chi connectivity index (χ1v) is 5.07. The number of carboxylic acid groups (broad SMARTS) is 1. The first-order chi connectivity index (χ1) is 7.39. The summed E-state index contributed by atoms with van der Waals surface area (Å²) >= 11 is 3.00. The summed E-state index contributed by atoms with van der Waals surface area (Å²) in [6.45, 7) is -0.848. The number of alkyl halides is 2. The van der Waals surface area contributed by atoms with E-state index in [1.165, 1.54) is 4.90 Å². The summed E-state index contributed by atoms with van der Waals surface area (Å²) in [6, 6.07) is 0. The molecule has 1 saturated heterocycles. The Morgan fingerprint density at radius 1 is 1.56 bits per heavy atom. The molecule has 1 aromatic rings. The molecule has 0 aromatic carbocycles. The molecule has 0 spiro atoms. The van der Waals surface area contributed by atoms with Crippen molar-refractivity contribution in [3.05, 3.63) is 16.5 Å². The van der Waals surface area contributed by atoms with Gasteiger partial charge in [0.2, 0.25) is 0 Å². The lowest BCUT2D eigenvalue weighted by Crippen LogP contribution is -2.56. The number of nitrogens with zero attached hydrogens (tertiary/aromatic N) is 3. The van der Waals surface area contributed by atoms with Gasteiger partial charge in [0.05, 0.1) is 19.3 Å². The van der Waals surface area contributed by atoms with Crippen LogP contribution in [0.25, 0.3) is 0 Å². The van der Waals surface area contributed by atoms with Crippen molar-refractivity contribution in [2.24, 2.45) is 0 Å². The highest BCUT2D eigenvalue weighted by Gasteiger charge is 2.45. The molecule has 86 valence electrons. The summed E-state index contributed by atoms with van der Waals surface area (Å²) in [6.07, 6.45) is 1.04. The maximum atomic E-state index is 12.6. The van der Waals surface area contributed by atoms with Gasteiger partial charge in [0.1, 0.15) is 4.60 Å². The monoisotopic (exact) mass is 293 g/mol. The van der Waals surface area contributed by atoms with E-state index >= 15 is 0 Å². The molecule has 0 bridgehead atoms. The summed E-state index contributed by atoms with van der Waals surface area (Å²) in [7, 11) is 0. The third kappa shape index (κ3) is 1.97. The first-order valence-electron chi connectivity index (χ1n) is 4.28. The van der Waals surface area contributed by atoms with E-state index in [4.69, 9.17) is 5.11 Å². The average Bonchev–Trinajstić information content (AvgIpc) is 2.13. The normalized spacial score (nSPS) is 18.1. The van der Waals surface area contributed by atoms with Crippen molar-refractivity contribution in [1.29, 1.82) is 0 Å². The molecule has 0 radical (unpaired) electrons. The van der Waals surface area contributed by atoms with Crippen LogP contribution in [0, 0.1) is 0 Å². The largest absolute Gasteiger partial charge is 0.476 e. The lowest BCUT2D eigenvalue weighted by Gasteiger charge is -2.39. The van der Waals surface area contributed by atoms with Crippen LogP contribution in [-0.2, 0) is 0 Å². The average molecular weight is 294 g/mol. The van der Waals surface area contributed by atoms with Crippen LogP contribution in [-0.4, -0.2) is 40.1 Å². The minimum atomic E-state index is -2.70. The van der Waals surface area contributed by atoms with E-state index in [0.717, 1.165) is 6.20 Å². The van der Waals surface area contributed by atoms with Gasteiger partial charge in [-0.15, -0.1) is 0 Å². The van der Waals surface area contributed by atoms with Crippen molar-refractivity contribution in [2.75, 3.05) is 18.0 Å². The van der Waals surface area contributed by atoms with Crippen LogP contribution in [0.4, 0.5) is 14.6 Å². The van der Waals surface area contributed by atoms with Gasteiger partial charge >= 0.3 is 5.97 Å². The molecule has 0 aliphatic carbocycles. The maximum Gasteiger partial charge on any atom is 0.356 e. The highest BCUT2D eigenvalue weighted by Crippen LogP contribution is 2.33. The molecule has 1 fully saturated rings. The zero-order valence-corrected chi connectivity index (χ0v) is 9.41. The number of hydrogen-bond donors (Lipinski definition) is 1. The van der Waals surface area contributed by atoms with Crippen LogP contribution >= 0.6 is 15.9 Å². The summed E-state index contributed by atoms with van der Waals surface area (Å²) < 4.78 is 25.4. The fourth-order valence-corrected chi connectivity index (χ4v) is 1.88. The Balaban J connectivity index is 2.21. The molecule has 2 rings (SSSR count). The summed E-state index contributed by atoms with van der Waals surface area (Å²) in [5.41, 5.74) is -0.233. The fourth-order valence-electron chi connectivity index (χ4n) is 1.34. The lowest BCUT2D eigenvalue weighted by atomic mass is 10.1. The molecule has 2 heterocycles. The molecule has 16 heavy (non-hydrogen) atoms. The van der Waals surface area contributed by atoms with Crippen molar-refractivity contribution < 1.29 is 18.7 Å². The predicted molar refractivity (Wildman–Crippen MR) is 53.9 cm³/mol. The van der Waals surface area contributed by atoms with Gasteiger partial charge in [0.25, 0.3) is 5.92 Å². The van der Waals surface area contributed by atoms with Gasteiger partial charge in [-0.1, -0.05) is 0 Å². The van der Waals surface area contributed by atoms with E-state index in [-0.39, 0.29) is 16.1 Å². The molecule has 5 nitrogen and oxygen atoms in total. The first kappa shape index (κ1) is 11.2. The third-order valence-corrected chi connectivity index (χ3v) is 2.61. The van der Waals surface area contributed by atoms with Crippen LogP contribution in [0.5, 0.6) is 0 Å². The van der Waals surface area contributed by atoms with Crippen LogP contribution < -0.4 is 4.90 Å². The number of aromatic nitrogens is 2. The SMILES string of the molecule is O=C(O)c1cnc(N2CC(F)(F)C2)c(Br)n1. The number of aromatic carboxylic acids is 1. The minimum Gasteiger partial charge on any atom is -0.476 e. The van der Waals surface area contributed by atoms with Crippen LogP contribution in [0.1, 0.15) is 10.5 Å². The number of halogens is 3. The fraction of sp³-hybridized carbons (Fsp3) is 0.375. The molecule has 1 N–H and O–H groups in total. The van der Waals surface area contributed by atoms with E-state index in [0.29, 0.717) is 0 Å². The Kier molecular flexibility index (Phi) is 2.53. The van der Waals surface area contributed by atoms with Gasteiger partial charge in [-0.2, -0.15) is 0 Å². The Labute approximate surface area is 97.2 Å². The predicted octanol–water partition coefficient (Wildman–Crippen LogP) is 1.39. The lowest BCUT2D eigenvalue weighted by molar-refractivity contribution is -0.0268. The highest BCUT2D eigenvalue weighted by molar-refractivity contribution is 9.10. The van der Waals surface area contributed by atoms with E-state index in [1.807, 2.05) is 0 Å². The zero-order valence-electron chi connectivity index (χ0n) is 7.82. The molecule has 1 aliphatic rings. The standard InChI is InChI=1S/C8H6BrF2N3O2/c9-5-6(14-2-8(10,11)3-14)12-1-4(13-5)7(15)16/h1H,2-3H2,(H,15,16). The molecule has 0 saturated carbocycles. The molecule has 8 heteroatoms. The highest BCUT2D eigenvalue weighted by atomic mass is 79.9. The topological polar surface area (TPSA) is 66.3 Å². The second-order valence-electron chi connectivity index (χ2n) is 3.39. The van der Waals surface area contributed by atoms with Gasteiger partial charge < -0.3 is 10.0 Å². The van der Waals surface area contributed by atoms with Crippen molar-refractivity contribution in [2.45, 2.75) is 5.92 Å². The van der Waals surface area contributed by atoms with Gasteiger partial charge in [-0.05, 0) is 15.9 Å². The summed E-state index contributed by atoms with van der Waals surface area (Å²) in [4.78, 5) is 19.4. The third-order valence-electron chi connectivity index (χ3n) is 2.08. The maximum absolute atomic E-state index is 12.6. The van der Waals surface area contributed by atoms with Crippen molar-refractivity contribution in [3.63, 3.8) is 0 Å². The Hall–Kier alpha value is -1.31. The van der Waals surface area contributed by atoms with Crippen LogP contribution in [0.2, 0.25) is 0 Å². The number of hydrogen-bond acceptors (Lipinski definition) is 4. The van der Waals surface area contributed by atoms with Gasteiger partial charge in [-0.25, -0.2) is 23.5 Å². The molecule has 1 aliphatic heterocycles. The smallest absolute Gasteiger partial charge is 0.356 e. The molecule has 1 aromatic heterocycles. The number of carboxylic acids is 1. The van der Waals surface area contributed by atoms with Crippen LogP contribution in [0.3, 0.4) is 0 Å². The number of anilines is 1. The van der Waals surface area contributed by atoms with E-state index in [2.05, 4.69) is 25.9 Å². The molecule has 0 unspecified atom stereocenters. The van der Waals surface area contributed by atoms with Gasteiger partial charge in [0, 0.05) is 0 Å². The summed E-state index contributed by atoms with van der Waals surface area (Å²) in [5, 5.41) is 8.64. The Bertz CT molecular complexity index is 447. The second-order valence-corrected chi connectivity index (χ2v) is 4.14. The minimum absolute atomic E-state index is 0.155. The molecule has 0 amide bonds. The van der Waals surface area contributed by atoms with E-state index < -0.39 is 25.0 Å². The van der Waals surface area contributed by atoms with Crippen LogP contribution in [0.15, 0.2) is 10.8 Å². The molecule has 0 atom stereocenters. The molecular formula is C8H6BrF2N3O2. The van der Waals surface area contributed by atoms with E-state index in [1.54, 1.807) is 0 Å². The van der Waals surface area contributed by atoms with Crippen molar-refractivity contribution in [3.8, 4) is 0 Å². The van der Waals surface area contributed by atoms with Gasteiger partial charge in [-0.3, -0.25) is 0 Å². The Morgan fingerprint density at radius 2 is 2.19 bits per heavy atom. The number of carbonyl (C=O) groups is 1. The quantitative estimate of drug-likeness (QED) is 0.893. The second kappa shape index (κ2) is 3.62. The van der Waals surface area contributed by atoms with E-state index in [9.17, 15) is 13.6 Å². The van der Waals surface area contributed by atoms with Crippen molar-refractivity contribution in [1.82, 2.24) is 9.97 Å². The van der Waals surface area contributed by atoms with Crippen molar-refractivity contribution >= 4 is 27.7 Å². The summed E-state index contributed by atoms with van der Waals surface area (Å²) in [5.74, 6) is -3.68. The molecular weight excluding hydrogens is 288 g/mol. The zero-order chi connectivity index (χ0) is 11.9. The van der Waals surface area contributed by atoms with Gasteiger partial charge in [0.15, 0.2) is 11.5 Å².